The molecule has 0 radical (unpaired) electrons. The summed E-state index contributed by atoms with van der Waals surface area (Å²) >= 11 is 1.49. The Morgan fingerprint density at radius 3 is 2.24 bits per heavy atom. The van der Waals surface area contributed by atoms with E-state index in [-0.39, 0.29) is 18.3 Å². The van der Waals surface area contributed by atoms with Gasteiger partial charge in [-0.25, -0.2) is 9.78 Å². The molecule has 11 nitrogen and oxygen atoms in total. The maximum atomic E-state index is 13.1. The third-order valence-electron chi connectivity index (χ3n) is 5.65. The predicted molar refractivity (Wildman–Crippen MR) is 131 cm³/mol. The smallest absolute Gasteiger partial charge is 0.326 e. The van der Waals surface area contributed by atoms with Crippen LogP contribution < -0.4 is 21.7 Å². The van der Waals surface area contributed by atoms with Gasteiger partial charge in [0.15, 0.2) is 0 Å². The van der Waals surface area contributed by atoms with Crippen molar-refractivity contribution in [1.29, 1.82) is 0 Å². The van der Waals surface area contributed by atoms with Crippen molar-refractivity contribution in [3.05, 3.63) is 18.2 Å². The van der Waals surface area contributed by atoms with E-state index in [2.05, 4.69) is 25.9 Å². The Morgan fingerprint density at radius 2 is 1.74 bits per heavy atom. The maximum Gasteiger partial charge on any atom is 0.326 e. The number of hydrogen-bond donors (Lipinski definition) is 6. The van der Waals surface area contributed by atoms with Crippen LogP contribution in [-0.2, 0) is 25.6 Å². The fourth-order valence-electron chi connectivity index (χ4n) is 3.11. The fourth-order valence-corrected chi connectivity index (χ4v) is 3.58. The Labute approximate surface area is 204 Å². The monoisotopic (exact) mass is 498 g/mol. The van der Waals surface area contributed by atoms with Crippen molar-refractivity contribution < 1.29 is 24.3 Å². The lowest BCUT2D eigenvalue weighted by atomic mass is 9.96. The predicted octanol–water partition coefficient (Wildman–Crippen LogP) is 0.274. The minimum absolute atomic E-state index is 0.0168. The van der Waals surface area contributed by atoms with Crippen molar-refractivity contribution in [2.75, 3.05) is 12.0 Å². The third-order valence-corrected chi connectivity index (χ3v) is 6.30. The second-order valence-electron chi connectivity index (χ2n) is 8.66. The molecule has 34 heavy (non-hydrogen) atoms. The average Bonchev–Trinajstić information content (AvgIpc) is 3.31. The lowest BCUT2D eigenvalue weighted by Crippen LogP contribution is -2.59. The number of nitrogens with one attached hydrogen (secondary N) is 4. The maximum absolute atomic E-state index is 13.1. The van der Waals surface area contributed by atoms with Gasteiger partial charge < -0.3 is 31.8 Å². The number of aromatic nitrogens is 2. The van der Waals surface area contributed by atoms with Gasteiger partial charge in [0.25, 0.3) is 0 Å². The highest BCUT2D eigenvalue weighted by Crippen LogP contribution is 2.11. The Kier molecular flexibility index (Phi) is 12.7. The molecule has 1 aromatic heterocycles. The first kappa shape index (κ1) is 29.4. The molecule has 0 aliphatic carbocycles. The van der Waals surface area contributed by atoms with Crippen molar-refractivity contribution in [2.24, 2.45) is 17.6 Å². The first-order chi connectivity index (χ1) is 16.0. The molecular formula is C22H38N6O5S. The number of carboxylic acid groups (broad SMARTS) is 1. The number of carbonyl (C=O) groups excluding carboxylic acids is 3. The Balaban J connectivity index is 2.98. The van der Waals surface area contributed by atoms with Gasteiger partial charge in [0.05, 0.1) is 12.4 Å². The van der Waals surface area contributed by atoms with Gasteiger partial charge >= 0.3 is 5.97 Å². The van der Waals surface area contributed by atoms with Crippen molar-refractivity contribution in [3.63, 3.8) is 0 Å². The van der Waals surface area contributed by atoms with Crippen LogP contribution in [0.1, 0.15) is 46.2 Å². The minimum Gasteiger partial charge on any atom is -0.480 e. The summed E-state index contributed by atoms with van der Waals surface area (Å²) in [5.41, 5.74) is 6.48. The van der Waals surface area contributed by atoms with E-state index in [0.29, 0.717) is 24.3 Å². The summed E-state index contributed by atoms with van der Waals surface area (Å²) in [6, 6.07) is -3.82. The van der Waals surface area contributed by atoms with E-state index < -0.39 is 47.9 Å². The molecule has 1 aromatic rings. The first-order valence-electron chi connectivity index (χ1n) is 11.4. The summed E-state index contributed by atoms with van der Waals surface area (Å²) in [5.74, 6) is -2.52. The highest BCUT2D eigenvalue weighted by molar-refractivity contribution is 7.98. The van der Waals surface area contributed by atoms with Crippen molar-refractivity contribution in [2.45, 2.75) is 71.1 Å². The Morgan fingerprint density at radius 1 is 1.09 bits per heavy atom. The molecule has 12 heteroatoms. The number of nitrogens with two attached hydrogens (primary N) is 1. The second-order valence-corrected chi connectivity index (χ2v) is 9.65. The van der Waals surface area contributed by atoms with E-state index in [0.717, 1.165) is 0 Å². The molecule has 3 amide bonds. The van der Waals surface area contributed by atoms with Crippen LogP contribution in [0.2, 0.25) is 0 Å². The van der Waals surface area contributed by atoms with Crippen molar-refractivity contribution in [1.82, 2.24) is 25.9 Å². The van der Waals surface area contributed by atoms with Gasteiger partial charge in [-0.2, -0.15) is 11.8 Å². The molecule has 0 saturated heterocycles. The van der Waals surface area contributed by atoms with Crippen LogP contribution in [0.3, 0.4) is 0 Å². The molecule has 192 valence electrons. The zero-order valence-corrected chi connectivity index (χ0v) is 21.3. The zero-order chi connectivity index (χ0) is 25.8. The number of hydrogen-bond acceptors (Lipinski definition) is 7. The van der Waals surface area contributed by atoms with Gasteiger partial charge in [0, 0.05) is 18.3 Å². The lowest BCUT2D eigenvalue weighted by molar-refractivity contribution is -0.142. The molecular weight excluding hydrogens is 460 g/mol. The Hall–Kier alpha value is -2.60. The van der Waals surface area contributed by atoms with Gasteiger partial charge in [0.1, 0.15) is 18.1 Å². The van der Waals surface area contributed by atoms with E-state index in [1.807, 2.05) is 34.0 Å². The van der Waals surface area contributed by atoms with Gasteiger partial charge in [-0.3, -0.25) is 14.4 Å². The molecule has 0 aliphatic rings. The zero-order valence-electron chi connectivity index (χ0n) is 20.5. The molecule has 1 heterocycles. The summed E-state index contributed by atoms with van der Waals surface area (Å²) in [6.45, 7) is 7.35. The number of amides is 3. The molecule has 0 saturated carbocycles. The topological polar surface area (TPSA) is 179 Å². The second kappa shape index (κ2) is 14.6. The van der Waals surface area contributed by atoms with E-state index in [1.165, 1.54) is 24.3 Å². The molecule has 5 atom stereocenters. The van der Waals surface area contributed by atoms with E-state index in [9.17, 15) is 24.3 Å². The van der Waals surface area contributed by atoms with Gasteiger partial charge in [-0.1, -0.05) is 34.1 Å². The fraction of sp³-hybridized carbons (Fsp3) is 0.682. The average molecular weight is 499 g/mol. The van der Waals surface area contributed by atoms with Crippen LogP contribution in [0.5, 0.6) is 0 Å². The number of imidazole rings is 1. The normalized spacial score (nSPS) is 15.6. The molecule has 0 bridgehead atoms. The quantitative estimate of drug-likeness (QED) is 0.199. The summed E-state index contributed by atoms with van der Waals surface area (Å²) in [6.07, 6.45) is 5.69. The molecule has 0 spiro atoms. The number of aromatic amines is 1. The van der Waals surface area contributed by atoms with E-state index >= 15 is 0 Å². The SMILES string of the molecule is CCC(C)C(NC(=O)C(N)C(C)C)C(=O)NC(CCSC)C(=O)NC(Cc1cnc[nH]1)C(=O)O. The van der Waals surface area contributed by atoms with Crippen LogP contribution in [0, 0.1) is 11.8 Å². The number of thioether (sulfide) groups is 1. The standard InChI is InChI=1S/C22H38N6O5S/c1-6-13(4)18(28-20(30)17(23)12(2)3)21(31)26-15(7-8-34-5)19(29)27-16(22(32)33)9-14-10-24-11-25-14/h10-13,15-18H,6-9,23H2,1-5H3,(H,24,25)(H,26,31)(H,27,29)(H,28,30)(H,32,33). The minimum atomic E-state index is -1.20. The molecule has 0 aliphatic heterocycles. The van der Waals surface area contributed by atoms with E-state index in [4.69, 9.17) is 5.73 Å². The largest absolute Gasteiger partial charge is 0.480 e. The number of nitrogens with zero attached hydrogens (tertiary/aromatic N) is 1. The van der Waals surface area contributed by atoms with Crippen LogP contribution in [0.4, 0.5) is 0 Å². The lowest BCUT2D eigenvalue weighted by Gasteiger charge is -2.28. The molecule has 1 rings (SSSR count). The third kappa shape index (κ3) is 9.34. The van der Waals surface area contributed by atoms with Crippen LogP contribution >= 0.6 is 11.8 Å². The van der Waals surface area contributed by atoms with Gasteiger partial charge in [-0.05, 0) is 30.3 Å². The molecule has 0 fully saturated rings. The summed E-state index contributed by atoms with van der Waals surface area (Å²) in [5, 5.41) is 17.5. The first-order valence-corrected chi connectivity index (χ1v) is 12.8. The summed E-state index contributed by atoms with van der Waals surface area (Å²) < 4.78 is 0. The van der Waals surface area contributed by atoms with E-state index in [1.54, 1.807) is 0 Å². The summed E-state index contributed by atoms with van der Waals surface area (Å²) in [4.78, 5) is 57.0. The Bertz CT molecular complexity index is 804. The van der Waals surface area contributed by atoms with Crippen molar-refractivity contribution in [3.8, 4) is 0 Å². The van der Waals surface area contributed by atoms with Crippen molar-refractivity contribution >= 4 is 35.5 Å². The number of rotatable bonds is 15. The highest BCUT2D eigenvalue weighted by Gasteiger charge is 2.32. The number of carbonyl (C=O) groups is 4. The highest BCUT2D eigenvalue weighted by atomic mass is 32.2. The molecule has 5 unspecified atom stereocenters. The molecule has 7 N–H and O–H groups in total. The van der Waals surface area contributed by atoms with Crippen LogP contribution in [0.25, 0.3) is 0 Å². The summed E-state index contributed by atoms with van der Waals surface area (Å²) in [7, 11) is 0. The molecule has 0 aromatic carbocycles. The van der Waals surface area contributed by atoms with Crippen LogP contribution in [0.15, 0.2) is 12.5 Å². The number of aliphatic carboxylic acids is 1. The number of carboxylic acids is 1. The van der Waals surface area contributed by atoms with Gasteiger partial charge in [0.2, 0.25) is 17.7 Å². The number of H-pyrrole nitrogens is 1. The van der Waals surface area contributed by atoms with Crippen LogP contribution in [-0.4, -0.2) is 74.9 Å². The van der Waals surface area contributed by atoms with Gasteiger partial charge in [-0.15, -0.1) is 0 Å².